The number of imide groups is 1. The van der Waals surface area contributed by atoms with E-state index in [4.69, 9.17) is 9.47 Å². The molecule has 30 heavy (non-hydrogen) atoms. The molecule has 2 heterocycles. The summed E-state index contributed by atoms with van der Waals surface area (Å²) in [5, 5.41) is 2.60. The number of benzene rings is 1. The van der Waals surface area contributed by atoms with Crippen LogP contribution in [0.15, 0.2) is 30.4 Å². The standard InChI is InChI=1S/C21H20N2O7/c1-11(23-19(26)13-4-2-3-5-14(13)20(23)27)21(28)30-9-16(24)12-6-7-17-15(8-12)22-18(25)10-29-17/h2-3,6-8,11,13-14H,4-5,9-10H2,1H3,(H,22,25)/t11-,13-,14-/m0/s1. The first kappa shape index (κ1) is 19.8. The zero-order chi connectivity index (χ0) is 21.4. The van der Waals surface area contributed by atoms with E-state index in [1.807, 2.05) is 12.2 Å². The Bertz CT molecular complexity index is 958. The Balaban J connectivity index is 1.38. The van der Waals surface area contributed by atoms with Gasteiger partial charge in [-0.3, -0.25) is 24.1 Å². The van der Waals surface area contributed by atoms with Gasteiger partial charge in [-0.05, 0) is 38.0 Å². The maximum atomic E-state index is 12.6. The largest absolute Gasteiger partial charge is 0.482 e. The van der Waals surface area contributed by atoms with Crippen molar-refractivity contribution in [2.24, 2.45) is 11.8 Å². The number of fused-ring (bicyclic) bond motifs is 2. The summed E-state index contributed by atoms with van der Waals surface area (Å²) in [7, 11) is 0. The molecule has 2 aliphatic heterocycles. The molecule has 1 saturated heterocycles. The van der Waals surface area contributed by atoms with Crippen LogP contribution in [0.1, 0.15) is 30.1 Å². The molecule has 0 bridgehead atoms. The van der Waals surface area contributed by atoms with Gasteiger partial charge in [0.1, 0.15) is 11.8 Å². The lowest BCUT2D eigenvalue weighted by Crippen LogP contribution is -2.44. The van der Waals surface area contributed by atoms with E-state index in [0.717, 1.165) is 4.90 Å². The maximum absolute atomic E-state index is 12.6. The minimum Gasteiger partial charge on any atom is -0.482 e. The van der Waals surface area contributed by atoms with E-state index in [9.17, 15) is 24.0 Å². The van der Waals surface area contributed by atoms with Gasteiger partial charge in [-0.25, -0.2) is 4.79 Å². The molecule has 1 aromatic rings. The highest BCUT2D eigenvalue weighted by atomic mass is 16.5. The third-order valence-electron chi connectivity index (χ3n) is 5.55. The molecule has 1 N–H and O–H groups in total. The first-order valence-electron chi connectivity index (χ1n) is 9.65. The number of hydrogen-bond donors (Lipinski definition) is 1. The third kappa shape index (κ3) is 3.47. The second-order valence-electron chi connectivity index (χ2n) is 7.46. The van der Waals surface area contributed by atoms with Crippen molar-refractivity contribution in [2.45, 2.75) is 25.8 Å². The number of amides is 3. The molecule has 1 fully saturated rings. The smallest absolute Gasteiger partial charge is 0.329 e. The molecular formula is C21H20N2O7. The van der Waals surface area contributed by atoms with Crippen LogP contribution in [0.4, 0.5) is 5.69 Å². The molecule has 9 heteroatoms. The predicted molar refractivity (Wildman–Crippen MR) is 103 cm³/mol. The van der Waals surface area contributed by atoms with Gasteiger partial charge in [0.2, 0.25) is 11.8 Å². The summed E-state index contributed by atoms with van der Waals surface area (Å²) >= 11 is 0. The van der Waals surface area contributed by atoms with Gasteiger partial charge in [0.15, 0.2) is 19.0 Å². The fourth-order valence-corrected chi connectivity index (χ4v) is 3.91. The van der Waals surface area contributed by atoms with Crippen LogP contribution in [-0.4, -0.2) is 53.6 Å². The normalized spacial score (nSPS) is 23.2. The Kier molecular flexibility index (Phi) is 5.11. The number of rotatable bonds is 5. The molecule has 0 saturated carbocycles. The Morgan fingerprint density at radius 3 is 2.50 bits per heavy atom. The summed E-state index contributed by atoms with van der Waals surface area (Å²) in [6, 6.07) is 3.38. The minimum absolute atomic E-state index is 0.0957. The Morgan fingerprint density at radius 2 is 1.83 bits per heavy atom. The van der Waals surface area contributed by atoms with Crippen LogP contribution >= 0.6 is 0 Å². The highest BCUT2D eigenvalue weighted by molar-refractivity contribution is 6.08. The topological polar surface area (TPSA) is 119 Å². The Labute approximate surface area is 172 Å². The van der Waals surface area contributed by atoms with Crippen molar-refractivity contribution in [3.8, 4) is 5.75 Å². The Morgan fingerprint density at radius 1 is 1.17 bits per heavy atom. The first-order chi connectivity index (χ1) is 14.4. The van der Waals surface area contributed by atoms with E-state index in [-0.39, 0.29) is 29.9 Å². The summed E-state index contributed by atoms with van der Waals surface area (Å²) in [6.45, 7) is 0.766. The Hall–Kier alpha value is -3.49. The van der Waals surface area contributed by atoms with E-state index in [1.165, 1.54) is 19.1 Å². The van der Waals surface area contributed by atoms with Gasteiger partial charge in [0.05, 0.1) is 17.5 Å². The number of carbonyl (C=O) groups excluding carboxylic acids is 5. The number of carbonyl (C=O) groups is 5. The summed E-state index contributed by atoms with van der Waals surface area (Å²) in [6.07, 6.45) is 4.68. The van der Waals surface area contributed by atoms with Crippen LogP contribution < -0.4 is 10.1 Å². The fraction of sp³-hybridized carbons (Fsp3) is 0.381. The summed E-state index contributed by atoms with van der Waals surface area (Å²) in [4.78, 5) is 62.3. The third-order valence-corrected chi connectivity index (χ3v) is 5.55. The summed E-state index contributed by atoms with van der Waals surface area (Å²) in [5.74, 6) is -2.84. The highest BCUT2D eigenvalue weighted by Crippen LogP contribution is 2.36. The van der Waals surface area contributed by atoms with Crippen molar-refractivity contribution < 1.29 is 33.4 Å². The first-order valence-corrected chi connectivity index (χ1v) is 9.65. The van der Waals surface area contributed by atoms with E-state index >= 15 is 0 Å². The molecule has 3 amide bonds. The number of hydrogen-bond acceptors (Lipinski definition) is 7. The minimum atomic E-state index is -1.11. The van der Waals surface area contributed by atoms with Crippen LogP contribution in [0.5, 0.6) is 5.75 Å². The van der Waals surface area contributed by atoms with E-state index in [0.29, 0.717) is 24.3 Å². The van der Waals surface area contributed by atoms with Gasteiger partial charge >= 0.3 is 5.97 Å². The number of likely N-dealkylation sites (tertiary alicyclic amines) is 1. The van der Waals surface area contributed by atoms with Crippen molar-refractivity contribution in [3.63, 3.8) is 0 Å². The lowest BCUT2D eigenvalue weighted by molar-refractivity contribution is -0.157. The van der Waals surface area contributed by atoms with Crippen molar-refractivity contribution in [1.29, 1.82) is 0 Å². The summed E-state index contributed by atoms with van der Waals surface area (Å²) < 4.78 is 10.3. The van der Waals surface area contributed by atoms with Gasteiger partial charge in [-0.2, -0.15) is 0 Å². The maximum Gasteiger partial charge on any atom is 0.329 e. The molecule has 0 radical (unpaired) electrons. The molecule has 0 aromatic heterocycles. The molecule has 4 rings (SSSR count). The SMILES string of the molecule is C[C@@H](C(=O)OCC(=O)c1ccc2c(c1)NC(=O)CO2)N1C(=O)[C@H]2CC=CC[C@@H]2C1=O. The van der Waals surface area contributed by atoms with Gasteiger partial charge in [-0.15, -0.1) is 0 Å². The number of ketones is 1. The second kappa shape index (κ2) is 7.74. The van der Waals surface area contributed by atoms with Crippen molar-refractivity contribution >= 4 is 35.2 Å². The lowest BCUT2D eigenvalue weighted by atomic mass is 9.85. The average molecular weight is 412 g/mol. The van der Waals surface area contributed by atoms with Crippen LogP contribution in [0.3, 0.4) is 0 Å². The quantitative estimate of drug-likeness (QED) is 0.333. The van der Waals surface area contributed by atoms with Gasteiger partial charge < -0.3 is 14.8 Å². The monoisotopic (exact) mass is 412 g/mol. The average Bonchev–Trinajstić information content (AvgIpc) is 3.01. The van der Waals surface area contributed by atoms with E-state index in [1.54, 1.807) is 6.07 Å². The molecule has 0 unspecified atom stereocenters. The summed E-state index contributed by atoms with van der Waals surface area (Å²) in [5.41, 5.74) is 0.590. The van der Waals surface area contributed by atoms with E-state index < -0.39 is 36.2 Å². The van der Waals surface area contributed by atoms with Crippen LogP contribution in [0, 0.1) is 11.8 Å². The molecular weight excluding hydrogens is 392 g/mol. The number of ether oxygens (including phenoxy) is 2. The lowest BCUT2D eigenvalue weighted by Gasteiger charge is -2.21. The van der Waals surface area contributed by atoms with Gasteiger partial charge in [-0.1, -0.05) is 12.2 Å². The fourth-order valence-electron chi connectivity index (χ4n) is 3.91. The molecule has 1 aliphatic carbocycles. The number of Topliss-reactive ketones (excluding diaryl/α,β-unsaturated/α-hetero) is 1. The number of esters is 1. The number of nitrogens with zero attached hydrogens (tertiary/aromatic N) is 1. The van der Waals surface area contributed by atoms with Crippen LogP contribution in [0.2, 0.25) is 0 Å². The van der Waals surface area contributed by atoms with Crippen molar-refractivity contribution in [1.82, 2.24) is 4.90 Å². The number of allylic oxidation sites excluding steroid dienone is 2. The van der Waals surface area contributed by atoms with Crippen molar-refractivity contribution in [3.05, 3.63) is 35.9 Å². The van der Waals surface area contributed by atoms with E-state index in [2.05, 4.69) is 5.32 Å². The zero-order valence-corrected chi connectivity index (χ0v) is 16.3. The van der Waals surface area contributed by atoms with Crippen LogP contribution in [-0.2, 0) is 23.9 Å². The van der Waals surface area contributed by atoms with Gasteiger partial charge in [0, 0.05) is 5.56 Å². The number of anilines is 1. The molecule has 3 aliphatic rings. The van der Waals surface area contributed by atoms with Crippen LogP contribution in [0.25, 0.3) is 0 Å². The van der Waals surface area contributed by atoms with Crippen molar-refractivity contribution in [2.75, 3.05) is 18.5 Å². The molecule has 1 aromatic carbocycles. The molecule has 3 atom stereocenters. The molecule has 0 spiro atoms. The molecule has 156 valence electrons. The second-order valence-corrected chi connectivity index (χ2v) is 7.46. The highest BCUT2D eigenvalue weighted by Gasteiger charge is 2.50. The molecule has 9 nitrogen and oxygen atoms in total. The zero-order valence-electron chi connectivity index (χ0n) is 16.3. The number of nitrogens with one attached hydrogen (secondary N) is 1. The predicted octanol–water partition coefficient (Wildman–Crippen LogP) is 1.08. The van der Waals surface area contributed by atoms with Gasteiger partial charge in [0.25, 0.3) is 5.91 Å².